The van der Waals surface area contributed by atoms with Gasteiger partial charge in [-0.1, -0.05) is 19.1 Å². The first kappa shape index (κ1) is 21.1. The molecule has 28 heavy (non-hydrogen) atoms. The van der Waals surface area contributed by atoms with E-state index in [0.29, 0.717) is 18.1 Å². The molecule has 0 fully saturated rings. The van der Waals surface area contributed by atoms with Crippen LogP contribution >= 0.6 is 0 Å². The Hall–Kier alpha value is -3.16. The number of benzene rings is 2. The number of carbonyl (C=O) groups excluding carboxylic acids is 2. The van der Waals surface area contributed by atoms with Crippen molar-refractivity contribution in [3.63, 3.8) is 0 Å². The van der Waals surface area contributed by atoms with Gasteiger partial charge in [-0.3, -0.25) is 4.79 Å². The van der Waals surface area contributed by atoms with Crippen molar-refractivity contribution in [2.45, 2.75) is 26.4 Å². The molecule has 0 bridgehead atoms. The van der Waals surface area contributed by atoms with Crippen LogP contribution in [0.15, 0.2) is 42.5 Å². The van der Waals surface area contributed by atoms with Gasteiger partial charge in [0.1, 0.15) is 0 Å². The smallest absolute Gasteiger partial charge is 0.344 e. The van der Waals surface area contributed by atoms with E-state index in [2.05, 4.69) is 5.32 Å². The Kier molecular flexibility index (Phi) is 7.74. The third-order valence-electron chi connectivity index (χ3n) is 3.52. The molecule has 0 aliphatic rings. The summed E-state index contributed by atoms with van der Waals surface area (Å²) in [6.07, 6.45) is -0.336. The quantitative estimate of drug-likeness (QED) is 0.658. The average Bonchev–Trinajstić information content (AvgIpc) is 2.68. The molecule has 1 amide bonds. The Morgan fingerprint density at radius 1 is 1.04 bits per heavy atom. The molecular weight excluding hydrogens is 372 g/mol. The number of rotatable bonds is 9. The Bertz CT molecular complexity index is 828. The van der Waals surface area contributed by atoms with E-state index in [1.165, 1.54) is 13.0 Å². The van der Waals surface area contributed by atoms with E-state index in [0.717, 1.165) is 18.6 Å². The minimum Gasteiger partial charge on any atom is -0.490 e. The van der Waals surface area contributed by atoms with Crippen molar-refractivity contribution >= 4 is 17.6 Å². The number of ether oxygens (including phenoxy) is 3. The van der Waals surface area contributed by atoms with Crippen molar-refractivity contribution in [3.05, 3.63) is 54.1 Å². The Morgan fingerprint density at radius 3 is 2.36 bits per heavy atom. The minimum atomic E-state index is -1.16. The van der Waals surface area contributed by atoms with Crippen molar-refractivity contribution in [1.82, 2.24) is 0 Å². The van der Waals surface area contributed by atoms with Crippen LogP contribution in [0.3, 0.4) is 0 Å². The third kappa shape index (κ3) is 6.22. The largest absolute Gasteiger partial charge is 0.490 e. The maximum Gasteiger partial charge on any atom is 0.344 e. The predicted octanol–water partition coefficient (Wildman–Crippen LogP) is 3.70. The van der Waals surface area contributed by atoms with Crippen LogP contribution in [-0.4, -0.2) is 31.2 Å². The average molecular weight is 393 g/mol. The summed E-state index contributed by atoms with van der Waals surface area (Å²) in [5.41, 5.74) is 0.0463. The summed E-state index contributed by atoms with van der Waals surface area (Å²) in [5, 5.41) is 2.34. The van der Waals surface area contributed by atoms with Gasteiger partial charge < -0.3 is 19.5 Å². The van der Waals surface area contributed by atoms with E-state index in [1.807, 2.05) is 6.92 Å². The van der Waals surface area contributed by atoms with Gasteiger partial charge >= 0.3 is 5.97 Å². The van der Waals surface area contributed by atoms with Gasteiger partial charge in [-0.2, -0.15) is 0 Å². The third-order valence-corrected chi connectivity index (χ3v) is 3.52. The molecule has 0 aliphatic heterocycles. The molecule has 2 aromatic carbocycles. The van der Waals surface area contributed by atoms with Gasteiger partial charge in [0.2, 0.25) is 0 Å². The summed E-state index contributed by atoms with van der Waals surface area (Å²) in [6.45, 7) is 3.40. The molecule has 2 rings (SSSR count). The molecule has 0 saturated heterocycles. The Labute approximate surface area is 161 Å². The van der Waals surface area contributed by atoms with E-state index in [1.54, 1.807) is 24.3 Å². The topological polar surface area (TPSA) is 73.9 Å². The van der Waals surface area contributed by atoms with E-state index in [-0.39, 0.29) is 5.69 Å². The second-order valence-electron chi connectivity index (χ2n) is 5.83. The van der Waals surface area contributed by atoms with Crippen LogP contribution in [0, 0.1) is 11.6 Å². The van der Waals surface area contributed by atoms with Gasteiger partial charge in [-0.15, -0.1) is 0 Å². The fourth-order valence-corrected chi connectivity index (χ4v) is 2.14. The summed E-state index contributed by atoms with van der Waals surface area (Å²) in [7, 11) is 0. The minimum absolute atomic E-state index is 0.0463. The van der Waals surface area contributed by atoms with Gasteiger partial charge in [0, 0.05) is 11.8 Å². The fraction of sp³-hybridized carbons (Fsp3) is 0.300. The van der Waals surface area contributed by atoms with Crippen LogP contribution in [0.2, 0.25) is 0 Å². The first-order valence-corrected chi connectivity index (χ1v) is 8.70. The van der Waals surface area contributed by atoms with Crippen molar-refractivity contribution < 1.29 is 32.6 Å². The number of halogens is 2. The monoisotopic (exact) mass is 393 g/mol. The molecule has 2 aromatic rings. The van der Waals surface area contributed by atoms with Crippen LogP contribution in [0.1, 0.15) is 20.3 Å². The highest BCUT2D eigenvalue weighted by atomic mass is 19.2. The Balaban J connectivity index is 1.85. The van der Waals surface area contributed by atoms with Gasteiger partial charge in [0.25, 0.3) is 5.91 Å². The van der Waals surface area contributed by atoms with Crippen molar-refractivity contribution in [2.75, 3.05) is 18.5 Å². The highest BCUT2D eigenvalue weighted by molar-refractivity contribution is 5.95. The van der Waals surface area contributed by atoms with Gasteiger partial charge in [0.15, 0.2) is 35.8 Å². The number of hydrogen-bond acceptors (Lipinski definition) is 5. The standard InChI is InChI=1S/C20H21F2NO5/c1-3-10-26-17-6-4-5-7-18(17)27-12-19(24)28-13(2)20(25)23-14-8-9-15(21)16(22)11-14/h4-9,11,13H,3,10,12H2,1-2H3,(H,23,25)/t13-/m0/s1. The number of nitrogens with one attached hydrogen (secondary N) is 1. The molecule has 0 aromatic heterocycles. The molecule has 0 radical (unpaired) electrons. The van der Waals surface area contributed by atoms with Crippen molar-refractivity contribution in [1.29, 1.82) is 0 Å². The number of amides is 1. The van der Waals surface area contributed by atoms with Crippen molar-refractivity contribution in [3.8, 4) is 11.5 Å². The number of para-hydroxylation sites is 2. The molecule has 0 saturated carbocycles. The van der Waals surface area contributed by atoms with Crippen molar-refractivity contribution in [2.24, 2.45) is 0 Å². The van der Waals surface area contributed by atoms with Crippen LogP contribution in [0.25, 0.3) is 0 Å². The lowest BCUT2D eigenvalue weighted by Crippen LogP contribution is -2.31. The second-order valence-corrected chi connectivity index (χ2v) is 5.83. The lowest BCUT2D eigenvalue weighted by Gasteiger charge is -2.15. The lowest BCUT2D eigenvalue weighted by atomic mass is 10.3. The summed E-state index contributed by atoms with van der Waals surface area (Å²) < 4.78 is 42.0. The maximum absolute atomic E-state index is 13.2. The molecule has 0 heterocycles. The second kappa shape index (κ2) is 10.2. The number of carbonyl (C=O) groups is 2. The van der Waals surface area contributed by atoms with E-state index < -0.39 is 36.2 Å². The maximum atomic E-state index is 13.2. The number of hydrogen-bond donors (Lipinski definition) is 1. The SMILES string of the molecule is CCCOc1ccccc1OCC(=O)O[C@@H](C)C(=O)Nc1ccc(F)c(F)c1. The van der Waals surface area contributed by atoms with E-state index in [4.69, 9.17) is 14.2 Å². The zero-order valence-corrected chi connectivity index (χ0v) is 15.5. The van der Waals surface area contributed by atoms with Crippen LogP contribution < -0.4 is 14.8 Å². The van der Waals surface area contributed by atoms with E-state index >= 15 is 0 Å². The molecule has 8 heteroatoms. The highest BCUT2D eigenvalue weighted by Gasteiger charge is 2.19. The predicted molar refractivity (Wildman–Crippen MR) is 98.3 cm³/mol. The summed E-state index contributed by atoms with van der Waals surface area (Å²) in [6, 6.07) is 9.79. The van der Waals surface area contributed by atoms with Crippen LogP contribution in [0.4, 0.5) is 14.5 Å². The van der Waals surface area contributed by atoms with Crippen LogP contribution in [-0.2, 0) is 14.3 Å². The normalized spacial score (nSPS) is 11.4. The molecule has 150 valence electrons. The Morgan fingerprint density at radius 2 is 1.71 bits per heavy atom. The summed E-state index contributed by atoms with van der Waals surface area (Å²) in [4.78, 5) is 24.0. The molecule has 0 spiro atoms. The lowest BCUT2D eigenvalue weighted by molar-refractivity contribution is -0.155. The summed E-state index contributed by atoms with van der Waals surface area (Å²) >= 11 is 0. The molecule has 6 nitrogen and oxygen atoms in total. The molecule has 0 aliphatic carbocycles. The highest BCUT2D eigenvalue weighted by Crippen LogP contribution is 2.26. The fourth-order valence-electron chi connectivity index (χ4n) is 2.14. The summed E-state index contributed by atoms with van der Waals surface area (Å²) in [5.74, 6) is -2.70. The molecule has 1 atom stereocenters. The van der Waals surface area contributed by atoms with Gasteiger partial charge in [-0.25, -0.2) is 13.6 Å². The zero-order chi connectivity index (χ0) is 20.5. The zero-order valence-electron chi connectivity index (χ0n) is 15.5. The molecule has 0 unspecified atom stereocenters. The van der Waals surface area contributed by atoms with E-state index in [9.17, 15) is 18.4 Å². The molecular formula is C20H21F2NO5. The van der Waals surface area contributed by atoms with Crippen LogP contribution in [0.5, 0.6) is 11.5 Å². The number of anilines is 1. The first-order valence-electron chi connectivity index (χ1n) is 8.70. The number of esters is 1. The molecule has 1 N–H and O–H groups in total. The van der Waals surface area contributed by atoms with Gasteiger partial charge in [-0.05, 0) is 37.6 Å². The van der Waals surface area contributed by atoms with Gasteiger partial charge in [0.05, 0.1) is 6.61 Å². The first-order chi connectivity index (χ1) is 13.4.